The van der Waals surface area contributed by atoms with Crippen molar-refractivity contribution in [2.75, 3.05) is 0 Å². The van der Waals surface area contributed by atoms with Crippen LogP contribution in [0.25, 0.3) is 10.9 Å². The second-order valence-corrected chi connectivity index (χ2v) is 8.36. The maximum atomic E-state index is 6.13. The Hall–Kier alpha value is -1.09. The van der Waals surface area contributed by atoms with Gasteiger partial charge < -0.3 is 4.74 Å². The minimum atomic E-state index is 0.319. The zero-order valence-corrected chi connectivity index (χ0v) is 15.2. The Morgan fingerprint density at radius 1 is 1.05 bits per heavy atom. The summed E-state index contributed by atoms with van der Waals surface area (Å²) in [5, 5.41) is 1.14. The molecule has 2 nitrogen and oxygen atoms in total. The lowest BCUT2D eigenvalue weighted by molar-refractivity contribution is 0.0854. The molecule has 1 saturated carbocycles. The fourth-order valence-corrected chi connectivity index (χ4v) is 3.74. The third kappa shape index (κ3) is 3.62. The monoisotopic (exact) mass is 361 g/mol. The van der Waals surface area contributed by atoms with Crippen LogP contribution in [0.15, 0.2) is 34.8 Å². The van der Waals surface area contributed by atoms with Crippen molar-refractivity contribution in [3.8, 4) is 5.88 Å². The second-order valence-electron chi connectivity index (χ2n) is 7.44. The Bertz CT molecular complexity index is 654. The van der Waals surface area contributed by atoms with Crippen molar-refractivity contribution in [2.24, 2.45) is 11.3 Å². The molecule has 3 heteroatoms. The molecule has 1 aromatic heterocycles. The molecule has 0 unspecified atom stereocenters. The predicted octanol–water partition coefficient (Wildman–Crippen LogP) is 5.98. The number of hydrogen-bond acceptors (Lipinski definition) is 2. The number of fused-ring (bicyclic) bond motifs is 1. The summed E-state index contributed by atoms with van der Waals surface area (Å²) in [4.78, 5) is 4.64. The summed E-state index contributed by atoms with van der Waals surface area (Å²) in [5.74, 6) is 1.57. The lowest BCUT2D eigenvalue weighted by Gasteiger charge is -2.36. The van der Waals surface area contributed by atoms with Gasteiger partial charge in [0.2, 0.25) is 5.88 Å². The molecule has 1 heterocycles. The molecule has 1 aliphatic rings. The number of rotatable bonds is 2. The summed E-state index contributed by atoms with van der Waals surface area (Å²) < 4.78 is 7.21. The topological polar surface area (TPSA) is 22.1 Å². The SMILES string of the molecule is CC(C)(C)[C@H]1CC[C@H](Oc2ccc3cc(Br)ccc3n2)CC1. The Kier molecular flexibility index (Phi) is 4.44. The van der Waals surface area contributed by atoms with Crippen LogP contribution >= 0.6 is 15.9 Å². The minimum Gasteiger partial charge on any atom is -0.474 e. The quantitative estimate of drug-likeness (QED) is 0.656. The first-order valence-corrected chi connectivity index (χ1v) is 8.94. The van der Waals surface area contributed by atoms with Crippen molar-refractivity contribution in [2.45, 2.75) is 52.6 Å². The molecule has 2 aromatic rings. The number of nitrogens with zero attached hydrogens (tertiary/aromatic N) is 1. The van der Waals surface area contributed by atoms with E-state index in [9.17, 15) is 0 Å². The highest BCUT2D eigenvalue weighted by Gasteiger charge is 2.30. The summed E-state index contributed by atoms with van der Waals surface area (Å²) in [7, 11) is 0. The summed E-state index contributed by atoms with van der Waals surface area (Å²) in [6.45, 7) is 7.05. The molecule has 0 atom stereocenters. The summed E-state index contributed by atoms with van der Waals surface area (Å²) >= 11 is 3.49. The van der Waals surface area contributed by atoms with Gasteiger partial charge in [0.15, 0.2) is 0 Å². The van der Waals surface area contributed by atoms with Gasteiger partial charge >= 0.3 is 0 Å². The van der Waals surface area contributed by atoms with Gasteiger partial charge in [0.25, 0.3) is 0 Å². The van der Waals surface area contributed by atoms with Crippen molar-refractivity contribution in [3.05, 3.63) is 34.8 Å². The average Bonchev–Trinajstić information content (AvgIpc) is 2.47. The highest BCUT2D eigenvalue weighted by molar-refractivity contribution is 9.10. The largest absolute Gasteiger partial charge is 0.474 e. The van der Waals surface area contributed by atoms with Crippen molar-refractivity contribution >= 4 is 26.8 Å². The second kappa shape index (κ2) is 6.19. The van der Waals surface area contributed by atoms with Crippen LogP contribution in [0.5, 0.6) is 5.88 Å². The van der Waals surface area contributed by atoms with E-state index in [0.717, 1.165) is 40.0 Å². The zero-order valence-electron chi connectivity index (χ0n) is 13.6. The summed E-state index contributed by atoms with van der Waals surface area (Å²) in [6.07, 6.45) is 5.12. The molecule has 0 spiro atoms. The van der Waals surface area contributed by atoms with E-state index in [1.165, 1.54) is 12.8 Å². The highest BCUT2D eigenvalue weighted by Crippen LogP contribution is 2.38. The molecular weight excluding hydrogens is 338 g/mol. The maximum absolute atomic E-state index is 6.13. The number of aromatic nitrogens is 1. The lowest BCUT2D eigenvalue weighted by atomic mass is 9.72. The minimum absolute atomic E-state index is 0.319. The van der Waals surface area contributed by atoms with Crippen LogP contribution < -0.4 is 4.74 Å². The summed E-state index contributed by atoms with van der Waals surface area (Å²) in [5.41, 5.74) is 1.41. The van der Waals surface area contributed by atoms with Crippen LogP contribution in [0.1, 0.15) is 46.5 Å². The molecule has 0 N–H and O–H groups in total. The van der Waals surface area contributed by atoms with Gasteiger partial charge in [-0.05, 0) is 61.3 Å². The Morgan fingerprint density at radius 2 is 1.77 bits per heavy atom. The zero-order chi connectivity index (χ0) is 15.7. The Labute approximate surface area is 141 Å². The van der Waals surface area contributed by atoms with Gasteiger partial charge in [0, 0.05) is 15.9 Å². The first-order chi connectivity index (χ1) is 10.4. The molecule has 118 valence electrons. The first kappa shape index (κ1) is 15.8. The van der Waals surface area contributed by atoms with Crippen LogP contribution in [-0.2, 0) is 0 Å². The summed E-state index contributed by atoms with van der Waals surface area (Å²) in [6, 6.07) is 10.2. The standard InChI is InChI=1S/C19H24BrNO/c1-19(2,3)14-5-8-16(9-6-14)22-18-11-4-13-12-15(20)7-10-17(13)21-18/h4,7,10-12,14,16H,5-6,8-9H2,1-3H3/t14-,16-. The molecule has 3 rings (SSSR count). The van der Waals surface area contributed by atoms with Gasteiger partial charge in [-0.2, -0.15) is 0 Å². The van der Waals surface area contributed by atoms with E-state index in [2.05, 4.69) is 53.8 Å². The van der Waals surface area contributed by atoms with Crippen LogP contribution in [0, 0.1) is 11.3 Å². The third-order valence-corrected chi connectivity index (χ3v) is 5.31. The molecule has 0 bridgehead atoms. The van der Waals surface area contributed by atoms with Gasteiger partial charge in [-0.1, -0.05) is 36.7 Å². The first-order valence-electron chi connectivity index (χ1n) is 8.15. The van der Waals surface area contributed by atoms with Crippen LogP contribution in [0.2, 0.25) is 0 Å². The fourth-order valence-electron chi connectivity index (χ4n) is 3.36. The molecule has 0 amide bonds. The van der Waals surface area contributed by atoms with Crippen LogP contribution in [-0.4, -0.2) is 11.1 Å². The molecule has 1 aromatic carbocycles. The van der Waals surface area contributed by atoms with Crippen molar-refractivity contribution in [3.63, 3.8) is 0 Å². The number of ether oxygens (including phenoxy) is 1. The molecule has 0 saturated heterocycles. The van der Waals surface area contributed by atoms with Crippen molar-refractivity contribution < 1.29 is 4.74 Å². The molecule has 1 fully saturated rings. The molecule has 22 heavy (non-hydrogen) atoms. The van der Waals surface area contributed by atoms with Gasteiger partial charge in [0.1, 0.15) is 6.10 Å². The molecule has 1 aliphatic carbocycles. The lowest BCUT2D eigenvalue weighted by Crippen LogP contribution is -2.30. The van der Waals surface area contributed by atoms with E-state index < -0.39 is 0 Å². The number of benzene rings is 1. The fraction of sp³-hybridized carbons (Fsp3) is 0.526. The van der Waals surface area contributed by atoms with Crippen molar-refractivity contribution in [1.29, 1.82) is 0 Å². The van der Waals surface area contributed by atoms with E-state index in [1.54, 1.807) is 0 Å². The number of pyridine rings is 1. The van der Waals surface area contributed by atoms with Gasteiger partial charge in [-0.3, -0.25) is 0 Å². The van der Waals surface area contributed by atoms with Gasteiger partial charge in [-0.15, -0.1) is 0 Å². The van der Waals surface area contributed by atoms with E-state index in [4.69, 9.17) is 4.74 Å². The Morgan fingerprint density at radius 3 is 2.45 bits per heavy atom. The van der Waals surface area contributed by atoms with E-state index in [0.29, 0.717) is 11.5 Å². The van der Waals surface area contributed by atoms with E-state index in [-0.39, 0.29) is 0 Å². The van der Waals surface area contributed by atoms with Gasteiger partial charge in [0.05, 0.1) is 5.52 Å². The smallest absolute Gasteiger partial charge is 0.214 e. The van der Waals surface area contributed by atoms with Crippen LogP contribution in [0.4, 0.5) is 0 Å². The van der Waals surface area contributed by atoms with Crippen molar-refractivity contribution in [1.82, 2.24) is 4.98 Å². The molecule has 0 aliphatic heterocycles. The third-order valence-electron chi connectivity index (χ3n) is 4.81. The normalized spacial score (nSPS) is 22.7. The maximum Gasteiger partial charge on any atom is 0.214 e. The van der Waals surface area contributed by atoms with E-state index in [1.807, 2.05) is 18.2 Å². The number of halogens is 1. The molecular formula is C19H24BrNO. The Balaban J connectivity index is 1.66. The predicted molar refractivity (Wildman–Crippen MR) is 95.3 cm³/mol. The number of hydrogen-bond donors (Lipinski definition) is 0. The van der Waals surface area contributed by atoms with Crippen LogP contribution in [0.3, 0.4) is 0 Å². The van der Waals surface area contributed by atoms with Gasteiger partial charge in [-0.25, -0.2) is 4.98 Å². The highest BCUT2D eigenvalue weighted by atomic mass is 79.9. The molecule has 0 radical (unpaired) electrons. The van der Waals surface area contributed by atoms with E-state index >= 15 is 0 Å². The average molecular weight is 362 g/mol.